The van der Waals surface area contributed by atoms with Crippen molar-refractivity contribution >= 4 is 43.6 Å². The van der Waals surface area contributed by atoms with E-state index < -0.39 is 63.3 Å². The van der Waals surface area contributed by atoms with Gasteiger partial charge < -0.3 is 9.13 Å². The fraction of sp³-hybridized carbons (Fsp3) is 0.200. The lowest BCUT2D eigenvalue weighted by atomic mass is 9.86. The number of para-hydroxylation sites is 2. The minimum Gasteiger partial charge on any atom is -0.309 e. The van der Waals surface area contributed by atoms with Gasteiger partial charge in [0.05, 0.1) is 39.0 Å². The fourth-order valence-electron chi connectivity index (χ4n) is 7.66. The van der Waals surface area contributed by atoms with Gasteiger partial charge in [-0.2, -0.15) is 13.2 Å². The predicted molar refractivity (Wildman–Crippen MR) is 203 cm³/mol. The van der Waals surface area contributed by atoms with E-state index in [1.807, 2.05) is 53.7 Å². The van der Waals surface area contributed by atoms with Gasteiger partial charge in [-0.15, -0.1) is 0 Å². The van der Waals surface area contributed by atoms with Crippen molar-refractivity contribution in [2.75, 3.05) is 0 Å². The smallest absolute Gasteiger partial charge is 0.309 e. The first-order chi connectivity index (χ1) is 25.8. The summed E-state index contributed by atoms with van der Waals surface area (Å²) >= 11 is 0. The Morgan fingerprint density at radius 3 is 1.16 bits per heavy atom. The van der Waals surface area contributed by atoms with Crippen LogP contribution >= 0.6 is 0 Å². The van der Waals surface area contributed by atoms with E-state index in [-0.39, 0.29) is 10.8 Å². The van der Waals surface area contributed by atoms with Gasteiger partial charge in [0.25, 0.3) is 0 Å². The molecule has 0 saturated carbocycles. The third-order valence-corrected chi connectivity index (χ3v) is 10.4. The highest BCUT2D eigenvalue weighted by Gasteiger charge is 2.40. The number of aromatic nitrogens is 2. The van der Waals surface area contributed by atoms with Gasteiger partial charge in [0.15, 0.2) is 23.3 Å². The number of hydrogen-bond donors (Lipinski definition) is 0. The van der Waals surface area contributed by atoms with E-state index in [4.69, 9.17) is 0 Å². The second kappa shape index (κ2) is 12.2. The summed E-state index contributed by atoms with van der Waals surface area (Å²) in [6, 6.07) is 26.1. The zero-order chi connectivity index (χ0) is 39.5. The molecular formula is C45H34F8N2. The van der Waals surface area contributed by atoms with Crippen LogP contribution in [-0.2, 0) is 17.0 Å². The Morgan fingerprint density at radius 1 is 0.418 bits per heavy atom. The van der Waals surface area contributed by atoms with E-state index >= 15 is 22.0 Å². The lowest BCUT2D eigenvalue weighted by Gasteiger charge is -2.24. The molecule has 0 unspecified atom stereocenters. The van der Waals surface area contributed by atoms with Gasteiger partial charge >= 0.3 is 6.18 Å². The molecule has 0 spiro atoms. The molecule has 280 valence electrons. The van der Waals surface area contributed by atoms with Crippen LogP contribution in [0.25, 0.3) is 66.1 Å². The van der Waals surface area contributed by atoms with Crippen molar-refractivity contribution in [2.45, 2.75) is 58.5 Å². The molecule has 0 aliphatic heterocycles. The molecule has 0 saturated heterocycles. The second-order valence-corrected chi connectivity index (χ2v) is 16.0. The molecule has 0 aliphatic carbocycles. The summed E-state index contributed by atoms with van der Waals surface area (Å²) in [4.78, 5) is 0. The predicted octanol–water partition coefficient (Wildman–Crippen LogP) is 13.9. The Labute approximate surface area is 311 Å². The molecule has 0 radical (unpaired) electrons. The first-order valence-corrected chi connectivity index (χ1v) is 17.6. The molecule has 8 rings (SSSR count). The Bertz CT molecular complexity index is 2700. The number of alkyl halides is 3. The van der Waals surface area contributed by atoms with E-state index in [1.165, 1.54) is 9.13 Å². The van der Waals surface area contributed by atoms with Gasteiger partial charge in [0.2, 0.25) is 5.82 Å². The molecule has 8 aromatic rings. The molecule has 6 aromatic carbocycles. The first kappa shape index (κ1) is 36.3. The van der Waals surface area contributed by atoms with Crippen LogP contribution in [0.5, 0.6) is 0 Å². The van der Waals surface area contributed by atoms with Crippen molar-refractivity contribution in [1.82, 2.24) is 9.13 Å². The van der Waals surface area contributed by atoms with Gasteiger partial charge in [-0.1, -0.05) is 90.1 Å². The van der Waals surface area contributed by atoms with Crippen molar-refractivity contribution < 1.29 is 35.1 Å². The molecule has 10 heteroatoms. The van der Waals surface area contributed by atoms with E-state index in [0.29, 0.717) is 43.6 Å². The Balaban J connectivity index is 1.61. The molecule has 0 N–H and O–H groups in total. The number of halogens is 8. The van der Waals surface area contributed by atoms with Gasteiger partial charge in [0.1, 0.15) is 5.56 Å². The maximum atomic E-state index is 16.1. The third kappa shape index (κ3) is 5.59. The number of hydrogen-bond acceptors (Lipinski definition) is 0. The lowest BCUT2D eigenvalue weighted by molar-refractivity contribution is -0.137. The normalized spacial score (nSPS) is 12.9. The minimum atomic E-state index is -5.11. The highest BCUT2D eigenvalue weighted by Crippen LogP contribution is 2.47. The maximum absolute atomic E-state index is 16.1. The Morgan fingerprint density at radius 2 is 0.782 bits per heavy atom. The number of rotatable bonds is 3. The number of nitrogens with zero attached hydrogens (tertiary/aromatic N) is 2. The van der Waals surface area contributed by atoms with Crippen LogP contribution in [0.2, 0.25) is 0 Å². The molecule has 0 aliphatic rings. The molecule has 0 amide bonds. The summed E-state index contributed by atoms with van der Waals surface area (Å²) in [7, 11) is 0. The number of fused-ring (bicyclic) bond motifs is 6. The zero-order valence-corrected chi connectivity index (χ0v) is 30.7. The molecule has 0 fully saturated rings. The summed E-state index contributed by atoms with van der Waals surface area (Å²) in [5.74, 6) is -11.1. The minimum absolute atomic E-state index is 0.323. The Kier molecular flexibility index (Phi) is 8.05. The van der Waals surface area contributed by atoms with Gasteiger partial charge in [-0.3, -0.25) is 0 Å². The summed E-state index contributed by atoms with van der Waals surface area (Å²) < 4.78 is 126. The maximum Gasteiger partial charge on any atom is 0.420 e. The highest BCUT2D eigenvalue weighted by atomic mass is 19.4. The number of benzene rings is 6. The van der Waals surface area contributed by atoms with E-state index in [2.05, 4.69) is 0 Å². The zero-order valence-electron chi connectivity index (χ0n) is 30.7. The van der Waals surface area contributed by atoms with Crippen LogP contribution in [0.15, 0.2) is 97.1 Å². The molecule has 55 heavy (non-hydrogen) atoms. The summed E-state index contributed by atoms with van der Waals surface area (Å²) in [6.07, 6.45) is -5.11. The van der Waals surface area contributed by atoms with E-state index in [1.54, 1.807) is 72.8 Å². The van der Waals surface area contributed by atoms with Crippen LogP contribution in [0.4, 0.5) is 35.1 Å². The van der Waals surface area contributed by atoms with Crippen LogP contribution in [-0.4, -0.2) is 9.13 Å². The quantitative estimate of drug-likeness (QED) is 0.0966. The second-order valence-electron chi connectivity index (χ2n) is 16.0. The summed E-state index contributed by atoms with van der Waals surface area (Å²) in [5.41, 5.74) is -1.73. The lowest BCUT2D eigenvalue weighted by Crippen LogP contribution is -2.17. The first-order valence-electron chi connectivity index (χ1n) is 17.6. The SMILES string of the molecule is CC(C)(C)c1ccc2c(c1)c1ccccc1n2-c1cc(-c2c(F)c(F)c(F)c(F)c2F)cc(-n2c3ccccc3c3cc(C(C)(C)C)ccc32)c1C(F)(F)F. The molecule has 2 heterocycles. The fourth-order valence-corrected chi connectivity index (χ4v) is 7.66. The topological polar surface area (TPSA) is 9.86 Å². The summed E-state index contributed by atoms with van der Waals surface area (Å²) in [5, 5.41) is 2.44. The van der Waals surface area contributed by atoms with Crippen LogP contribution in [0.1, 0.15) is 58.2 Å². The monoisotopic (exact) mass is 754 g/mol. The average molecular weight is 755 g/mol. The van der Waals surface area contributed by atoms with Crippen molar-refractivity contribution in [3.63, 3.8) is 0 Å². The van der Waals surface area contributed by atoms with Crippen molar-refractivity contribution in [3.8, 4) is 22.5 Å². The largest absolute Gasteiger partial charge is 0.420 e. The Hall–Kier alpha value is -5.64. The van der Waals surface area contributed by atoms with Gasteiger partial charge in [-0.05, 0) is 76.1 Å². The van der Waals surface area contributed by atoms with Crippen LogP contribution < -0.4 is 0 Å². The highest BCUT2D eigenvalue weighted by molar-refractivity contribution is 6.11. The molecule has 0 bridgehead atoms. The van der Waals surface area contributed by atoms with Crippen molar-refractivity contribution in [3.05, 3.63) is 143 Å². The van der Waals surface area contributed by atoms with Crippen molar-refractivity contribution in [1.29, 1.82) is 0 Å². The van der Waals surface area contributed by atoms with Gasteiger partial charge in [0, 0.05) is 21.5 Å². The molecular weight excluding hydrogens is 720 g/mol. The van der Waals surface area contributed by atoms with Crippen LogP contribution in [0.3, 0.4) is 0 Å². The summed E-state index contributed by atoms with van der Waals surface area (Å²) in [6.45, 7) is 12.0. The molecule has 2 aromatic heterocycles. The van der Waals surface area contributed by atoms with Gasteiger partial charge in [-0.25, -0.2) is 22.0 Å². The van der Waals surface area contributed by atoms with E-state index in [9.17, 15) is 13.2 Å². The van der Waals surface area contributed by atoms with Crippen molar-refractivity contribution in [2.24, 2.45) is 0 Å². The molecule has 0 atom stereocenters. The van der Waals surface area contributed by atoms with E-state index in [0.717, 1.165) is 23.3 Å². The standard InChI is InChI=1S/C45H34F8N2/c1-43(2,3)24-15-17-32-28(21-24)26-11-7-9-13-30(26)54(32)34-19-23(36-38(46)40(48)42(50)41(49)39(36)47)20-35(37(34)45(51,52)53)55-31-14-10-8-12-27(31)29-22-25(44(4,5)6)16-18-33(29)55/h7-22H,1-6H3. The average Bonchev–Trinajstić information content (AvgIpc) is 3.64. The third-order valence-electron chi connectivity index (χ3n) is 10.4. The molecule has 2 nitrogen and oxygen atoms in total. The van der Waals surface area contributed by atoms with Crippen LogP contribution in [0, 0.1) is 29.1 Å².